The Kier molecular flexibility index (Phi) is 6.60. The average Bonchev–Trinajstić information content (AvgIpc) is 2.42. The first-order valence-electron chi connectivity index (χ1n) is 7.11. The number of esters is 2. The minimum absolute atomic E-state index is 0.114. The summed E-state index contributed by atoms with van der Waals surface area (Å²) in [5.74, 6) is -0.819. The van der Waals surface area contributed by atoms with E-state index in [1.165, 1.54) is 5.57 Å². The summed E-state index contributed by atoms with van der Waals surface area (Å²) in [5, 5.41) is 0. The van der Waals surface area contributed by atoms with Gasteiger partial charge in [-0.25, -0.2) is 4.79 Å². The molecule has 0 aromatic rings. The van der Waals surface area contributed by atoms with Crippen LogP contribution >= 0.6 is 0 Å². The smallest absolute Gasteiger partial charge is 0.347 e. The van der Waals surface area contributed by atoms with Gasteiger partial charge in [-0.2, -0.15) is 0 Å². The number of carbonyl (C=O) groups excluding carboxylic acids is 2. The van der Waals surface area contributed by atoms with Crippen molar-refractivity contribution in [2.45, 2.75) is 59.0 Å². The molecule has 0 aromatic heterocycles. The maximum atomic E-state index is 12.0. The molecular formula is C15H24O4. The summed E-state index contributed by atoms with van der Waals surface area (Å²) in [5.41, 5.74) is 1.32. The molecule has 0 amide bonds. The van der Waals surface area contributed by atoms with E-state index in [-0.39, 0.29) is 11.9 Å². The van der Waals surface area contributed by atoms with Gasteiger partial charge in [-0.1, -0.05) is 25.5 Å². The molecule has 1 aliphatic rings. The van der Waals surface area contributed by atoms with Crippen LogP contribution in [0.25, 0.3) is 0 Å². The lowest BCUT2D eigenvalue weighted by Crippen LogP contribution is -2.32. The minimum atomic E-state index is -0.758. The SMILES string of the molecule is CCCOC(=O)[C@@H](CC)OC(=O)[C@@H]1CC=C(C)CC1. The van der Waals surface area contributed by atoms with Crippen LogP contribution in [-0.2, 0) is 19.1 Å². The Bertz CT molecular complexity index is 346. The van der Waals surface area contributed by atoms with Crippen molar-refractivity contribution in [1.29, 1.82) is 0 Å². The van der Waals surface area contributed by atoms with E-state index in [1.54, 1.807) is 0 Å². The van der Waals surface area contributed by atoms with Crippen LogP contribution in [0.3, 0.4) is 0 Å². The molecule has 0 unspecified atom stereocenters. The van der Waals surface area contributed by atoms with E-state index in [4.69, 9.17) is 9.47 Å². The molecule has 0 aliphatic heterocycles. The molecule has 1 aliphatic carbocycles. The summed E-state index contributed by atoms with van der Waals surface area (Å²) in [6, 6.07) is 0. The molecule has 4 heteroatoms. The molecule has 0 bridgehead atoms. The zero-order valence-corrected chi connectivity index (χ0v) is 12.1. The van der Waals surface area contributed by atoms with E-state index >= 15 is 0 Å². The van der Waals surface area contributed by atoms with Gasteiger partial charge in [-0.05, 0) is 39.0 Å². The van der Waals surface area contributed by atoms with Crippen LogP contribution in [0, 0.1) is 5.92 Å². The average molecular weight is 268 g/mol. The molecule has 19 heavy (non-hydrogen) atoms. The highest BCUT2D eigenvalue weighted by molar-refractivity contribution is 5.80. The van der Waals surface area contributed by atoms with Gasteiger partial charge in [0.05, 0.1) is 12.5 Å². The van der Waals surface area contributed by atoms with Crippen LogP contribution < -0.4 is 0 Å². The highest BCUT2D eigenvalue weighted by Crippen LogP contribution is 2.24. The second-order valence-corrected chi connectivity index (χ2v) is 5.02. The summed E-state index contributed by atoms with van der Waals surface area (Å²) in [6.07, 6.45) is 4.99. The fraction of sp³-hybridized carbons (Fsp3) is 0.733. The Morgan fingerprint density at radius 3 is 2.68 bits per heavy atom. The highest BCUT2D eigenvalue weighted by Gasteiger charge is 2.28. The van der Waals surface area contributed by atoms with Crippen LogP contribution in [-0.4, -0.2) is 24.6 Å². The second-order valence-electron chi connectivity index (χ2n) is 5.02. The van der Waals surface area contributed by atoms with Crippen molar-refractivity contribution in [2.75, 3.05) is 6.61 Å². The Morgan fingerprint density at radius 1 is 1.42 bits per heavy atom. The van der Waals surface area contributed by atoms with Crippen molar-refractivity contribution >= 4 is 11.9 Å². The second kappa shape index (κ2) is 7.97. The molecule has 0 spiro atoms. The van der Waals surface area contributed by atoms with Crippen LogP contribution in [0.4, 0.5) is 0 Å². The van der Waals surface area contributed by atoms with E-state index in [9.17, 15) is 9.59 Å². The van der Waals surface area contributed by atoms with Crippen molar-refractivity contribution in [2.24, 2.45) is 5.92 Å². The first kappa shape index (κ1) is 15.7. The van der Waals surface area contributed by atoms with Gasteiger partial charge in [0, 0.05) is 0 Å². The lowest BCUT2D eigenvalue weighted by atomic mass is 9.90. The predicted octanol–water partition coefficient (Wildman–Crippen LogP) is 3.01. The molecule has 0 N–H and O–H groups in total. The van der Waals surface area contributed by atoms with E-state index in [0.717, 1.165) is 19.3 Å². The molecule has 0 saturated carbocycles. The largest absolute Gasteiger partial charge is 0.463 e. The number of ether oxygens (including phenoxy) is 2. The quantitative estimate of drug-likeness (QED) is 0.549. The fourth-order valence-corrected chi connectivity index (χ4v) is 2.01. The Labute approximate surface area is 115 Å². The van der Waals surface area contributed by atoms with Crippen LogP contribution in [0.2, 0.25) is 0 Å². The van der Waals surface area contributed by atoms with E-state index < -0.39 is 12.1 Å². The van der Waals surface area contributed by atoms with Crippen LogP contribution in [0.5, 0.6) is 0 Å². The van der Waals surface area contributed by atoms with Gasteiger partial charge in [0.2, 0.25) is 0 Å². The fourth-order valence-electron chi connectivity index (χ4n) is 2.01. The van der Waals surface area contributed by atoms with Gasteiger partial charge < -0.3 is 9.47 Å². The number of allylic oxidation sites excluding steroid dienone is 2. The molecule has 1 rings (SSSR count). The van der Waals surface area contributed by atoms with Crippen molar-refractivity contribution < 1.29 is 19.1 Å². The lowest BCUT2D eigenvalue weighted by Gasteiger charge is -2.22. The van der Waals surface area contributed by atoms with Crippen molar-refractivity contribution in [3.05, 3.63) is 11.6 Å². The third-order valence-electron chi connectivity index (χ3n) is 3.31. The van der Waals surface area contributed by atoms with Gasteiger partial charge in [0.25, 0.3) is 0 Å². The number of hydrogen-bond donors (Lipinski definition) is 0. The third-order valence-corrected chi connectivity index (χ3v) is 3.31. The summed E-state index contributed by atoms with van der Waals surface area (Å²) < 4.78 is 10.3. The van der Waals surface area contributed by atoms with E-state index in [1.807, 2.05) is 13.8 Å². The molecular weight excluding hydrogens is 244 g/mol. The first-order chi connectivity index (χ1) is 9.08. The third kappa shape index (κ3) is 5.05. The maximum Gasteiger partial charge on any atom is 0.347 e. The number of rotatable bonds is 6. The van der Waals surface area contributed by atoms with Crippen molar-refractivity contribution in [3.8, 4) is 0 Å². The monoisotopic (exact) mass is 268 g/mol. The van der Waals surface area contributed by atoms with Gasteiger partial charge in [0.1, 0.15) is 0 Å². The molecule has 108 valence electrons. The molecule has 0 saturated heterocycles. The Hall–Kier alpha value is -1.32. The normalized spacial score (nSPS) is 20.4. The zero-order chi connectivity index (χ0) is 14.3. The number of hydrogen-bond acceptors (Lipinski definition) is 4. The summed E-state index contributed by atoms with van der Waals surface area (Å²) in [4.78, 5) is 23.7. The van der Waals surface area contributed by atoms with Crippen molar-refractivity contribution in [1.82, 2.24) is 0 Å². The Balaban J connectivity index is 2.46. The minimum Gasteiger partial charge on any atom is -0.463 e. The molecule has 0 heterocycles. The highest BCUT2D eigenvalue weighted by atomic mass is 16.6. The molecule has 0 aromatic carbocycles. The zero-order valence-electron chi connectivity index (χ0n) is 12.1. The first-order valence-corrected chi connectivity index (χ1v) is 7.11. The van der Waals surface area contributed by atoms with Gasteiger partial charge in [-0.15, -0.1) is 0 Å². The molecule has 0 fully saturated rings. The van der Waals surface area contributed by atoms with Gasteiger partial charge >= 0.3 is 11.9 Å². The summed E-state index contributed by atoms with van der Waals surface area (Å²) in [7, 11) is 0. The van der Waals surface area contributed by atoms with Gasteiger partial charge in [0.15, 0.2) is 6.10 Å². The topological polar surface area (TPSA) is 52.6 Å². The Morgan fingerprint density at radius 2 is 2.16 bits per heavy atom. The summed E-state index contributed by atoms with van der Waals surface area (Å²) >= 11 is 0. The van der Waals surface area contributed by atoms with E-state index in [0.29, 0.717) is 19.4 Å². The van der Waals surface area contributed by atoms with Crippen molar-refractivity contribution in [3.63, 3.8) is 0 Å². The predicted molar refractivity (Wildman–Crippen MR) is 72.5 cm³/mol. The molecule has 0 radical (unpaired) electrons. The van der Waals surface area contributed by atoms with Crippen LogP contribution in [0.15, 0.2) is 11.6 Å². The van der Waals surface area contributed by atoms with Crippen LogP contribution in [0.1, 0.15) is 52.9 Å². The lowest BCUT2D eigenvalue weighted by molar-refractivity contribution is -0.170. The molecule has 2 atom stereocenters. The standard InChI is InChI=1S/C15H24O4/c1-4-10-18-15(17)13(5-2)19-14(16)12-8-6-11(3)7-9-12/h6,12-13H,4-5,7-10H2,1-3H3/t12-,13-/m1/s1. The maximum absolute atomic E-state index is 12.0. The molecule has 4 nitrogen and oxygen atoms in total. The summed E-state index contributed by atoms with van der Waals surface area (Å²) in [6.45, 7) is 6.18. The van der Waals surface area contributed by atoms with Gasteiger partial charge in [-0.3, -0.25) is 4.79 Å². The van der Waals surface area contributed by atoms with E-state index in [2.05, 4.69) is 13.0 Å². The number of carbonyl (C=O) groups is 2.